The van der Waals surface area contributed by atoms with Crippen molar-refractivity contribution in [3.05, 3.63) is 34.3 Å². The van der Waals surface area contributed by atoms with Crippen LogP contribution in [-0.2, 0) is 0 Å². The maximum atomic E-state index is 6.34. The van der Waals surface area contributed by atoms with E-state index in [4.69, 9.17) is 5.73 Å². The summed E-state index contributed by atoms with van der Waals surface area (Å²) in [5.41, 5.74) is 7.55. The van der Waals surface area contributed by atoms with E-state index >= 15 is 0 Å². The molecule has 0 amide bonds. The van der Waals surface area contributed by atoms with Gasteiger partial charge in [0.05, 0.1) is 11.3 Å². The Bertz CT molecular complexity index is 613. The molecule has 2 atom stereocenters. The van der Waals surface area contributed by atoms with E-state index in [-0.39, 0.29) is 11.3 Å². The molecule has 1 aliphatic carbocycles. The number of nitrogens with two attached hydrogens (primary N) is 1. The topological polar surface area (TPSA) is 69.6 Å². The number of hydrogen-bond donors (Lipinski definition) is 1. The number of nitrogens with zero attached hydrogens (tertiary/aromatic N) is 4. The number of benzene rings is 1. The number of thioether (sulfide) groups is 1. The Morgan fingerprint density at radius 1 is 1.48 bits per heavy atom. The molecule has 1 fully saturated rings. The van der Waals surface area contributed by atoms with E-state index in [2.05, 4.69) is 50.5 Å². The van der Waals surface area contributed by atoms with Gasteiger partial charge in [-0.15, -0.1) is 5.10 Å². The highest BCUT2D eigenvalue weighted by Crippen LogP contribution is 2.42. The predicted octanol–water partition coefficient (Wildman–Crippen LogP) is 3.34. The van der Waals surface area contributed by atoms with Gasteiger partial charge in [0.25, 0.3) is 0 Å². The van der Waals surface area contributed by atoms with Crippen LogP contribution in [0.1, 0.15) is 43.0 Å². The van der Waals surface area contributed by atoms with E-state index in [1.807, 2.05) is 16.8 Å². The molecule has 1 aromatic carbocycles. The predicted molar refractivity (Wildman–Crippen MR) is 87.1 cm³/mol. The first-order chi connectivity index (χ1) is 10.2. The molecule has 2 unspecified atom stereocenters. The molecule has 0 radical (unpaired) electrons. The lowest BCUT2D eigenvalue weighted by Gasteiger charge is -2.22. The molecule has 2 N–H and O–H groups in total. The maximum absolute atomic E-state index is 6.34. The van der Waals surface area contributed by atoms with Crippen LogP contribution >= 0.6 is 27.7 Å². The average Bonchev–Trinajstić information content (AvgIpc) is 3.23. The minimum Gasteiger partial charge on any atom is -0.326 e. The molecule has 0 bridgehead atoms. The first-order valence-corrected chi connectivity index (χ1v) is 8.82. The van der Waals surface area contributed by atoms with Gasteiger partial charge in [0, 0.05) is 10.5 Å². The van der Waals surface area contributed by atoms with Crippen LogP contribution in [0, 0.1) is 0 Å². The summed E-state index contributed by atoms with van der Waals surface area (Å²) >= 11 is 5.20. The van der Waals surface area contributed by atoms with E-state index in [1.165, 1.54) is 18.4 Å². The summed E-state index contributed by atoms with van der Waals surface area (Å²) in [5.74, 6) is 0. The Morgan fingerprint density at radius 3 is 2.95 bits per heavy atom. The standard InChI is InChI=1S/C14H18BrN5S/c1-2-12(16)13(9-4-3-5-10(15)8-9)21-14-17-18-19-20(14)11-6-7-11/h3-5,8,11-13H,2,6-7,16H2,1H3. The molecule has 1 aromatic heterocycles. The van der Waals surface area contributed by atoms with E-state index in [1.54, 1.807) is 11.8 Å². The lowest BCUT2D eigenvalue weighted by Crippen LogP contribution is -2.26. The first kappa shape index (κ1) is 15.0. The molecular formula is C14H18BrN5S. The van der Waals surface area contributed by atoms with Crippen molar-refractivity contribution in [1.82, 2.24) is 20.2 Å². The number of halogens is 1. The molecule has 0 spiro atoms. The molecule has 5 nitrogen and oxygen atoms in total. The summed E-state index contributed by atoms with van der Waals surface area (Å²) < 4.78 is 3.01. The molecule has 3 rings (SSSR count). The van der Waals surface area contributed by atoms with Gasteiger partial charge in [-0.25, -0.2) is 4.68 Å². The normalized spacial score (nSPS) is 17.7. The van der Waals surface area contributed by atoms with Gasteiger partial charge < -0.3 is 5.73 Å². The van der Waals surface area contributed by atoms with Crippen molar-refractivity contribution in [3.63, 3.8) is 0 Å². The van der Waals surface area contributed by atoms with E-state index in [9.17, 15) is 0 Å². The SMILES string of the molecule is CCC(N)C(Sc1nnnn1C1CC1)c1cccc(Br)c1. The van der Waals surface area contributed by atoms with Gasteiger partial charge in [0.2, 0.25) is 5.16 Å². The summed E-state index contributed by atoms with van der Waals surface area (Å²) in [6.45, 7) is 2.11. The highest BCUT2D eigenvalue weighted by atomic mass is 79.9. The fraction of sp³-hybridized carbons (Fsp3) is 0.500. The van der Waals surface area contributed by atoms with Crippen molar-refractivity contribution >= 4 is 27.7 Å². The van der Waals surface area contributed by atoms with Crippen LogP contribution in [-0.4, -0.2) is 26.2 Å². The zero-order valence-electron chi connectivity index (χ0n) is 11.8. The fourth-order valence-corrected chi connectivity index (χ4v) is 3.90. The summed E-state index contributed by atoms with van der Waals surface area (Å²) in [6, 6.07) is 8.84. The van der Waals surface area contributed by atoms with Crippen molar-refractivity contribution < 1.29 is 0 Å². The van der Waals surface area contributed by atoms with Crippen LogP contribution in [0.2, 0.25) is 0 Å². The van der Waals surface area contributed by atoms with E-state index < -0.39 is 0 Å². The molecule has 7 heteroatoms. The second kappa shape index (κ2) is 6.46. The molecule has 0 aliphatic heterocycles. The van der Waals surface area contributed by atoms with Gasteiger partial charge in [0.1, 0.15) is 0 Å². The van der Waals surface area contributed by atoms with Crippen LogP contribution in [0.3, 0.4) is 0 Å². The highest BCUT2D eigenvalue weighted by molar-refractivity contribution is 9.10. The third-order valence-corrected chi connectivity index (χ3v) is 5.47. The lowest BCUT2D eigenvalue weighted by atomic mass is 10.0. The van der Waals surface area contributed by atoms with Crippen molar-refractivity contribution in [3.8, 4) is 0 Å². The zero-order chi connectivity index (χ0) is 14.8. The quantitative estimate of drug-likeness (QED) is 0.792. The molecule has 2 aromatic rings. The first-order valence-electron chi connectivity index (χ1n) is 7.14. The molecule has 1 heterocycles. The van der Waals surface area contributed by atoms with Gasteiger partial charge in [-0.2, -0.15) is 0 Å². The van der Waals surface area contributed by atoms with Crippen molar-refractivity contribution in [1.29, 1.82) is 0 Å². The minimum absolute atomic E-state index is 0.0636. The second-order valence-corrected chi connectivity index (χ2v) is 7.33. The largest absolute Gasteiger partial charge is 0.326 e. The third kappa shape index (κ3) is 3.46. The Balaban J connectivity index is 1.87. The maximum Gasteiger partial charge on any atom is 0.210 e. The van der Waals surface area contributed by atoms with Crippen molar-refractivity contribution in [2.24, 2.45) is 5.73 Å². The summed E-state index contributed by atoms with van der Waals surface area (Å²) in [6.07, 6.45) is 3.25. The van der Waals surface area contributed by atoms with Crippen LogP contribution < -0.4 is 5.73 Å². The summed E-state index contributed by atoms with van der Waals surface area (Å²) in [5, 5.41) is 13.1. The Hall–Kier alpha value is -0.920. The fourth-order valence-electron chi connectivity index (χ4n) is 2.23. The van der Waals surface area contributed by atoms with Crippen LogP contribution in [0.5, 0.6) is 0 Å². The van der Waals surface area contributed by atoms with Gasteiger partial charge in [-0.3, -0.25) is 0 Å². The van der Waals surface area contributed by atoms with Gasteiger partial charge >= 0.3 is 0 Å². The number of tetrazole rings is 1. The number of aromatic nitrogens is 4. The van der Waals surface area contributed by atoms with Gasteiger partial charge in [-0.1, -0.05) is 46.7 Å². The molecule has 0 saturated heterocycles. The third-order valence-electron chi connectivity index (χ3n) is 3.63. The number of hydrogen-bond acceptors (Lipinski definition) is 5. The summed E-state index contributed by atoms with van der Waals surface area (Å²) in [4.78, 5) is 0. The van der Waals surface area contributed by atoms with Crippen LogP contribution in [0.15, 0.2) is 33.9 Å². The Labute approximate surface area is 136 Å². The second-order valence-electron chi connectivity index (χ2n) is 5.30. The monoisotopic (exact) mass is 367 g/mol. The van der Waals surface area contributed by atoms with Crippen LogP contribution in [0.25, 0.3) is 0 Å². The average molecular weight is 368 g/mol. The summed E-state index contributed by atoms with van der Waals surface area (Å²) in [7, 11) is 0. The lowest BCUT2D eigenvalue weighted by molar-refractivity contribution is 0.561. The van der Waals surface area contributed by atoms with Gasteiger partial charge in [0.15, 0.2) is 0 Å². The molecular weight excluding hydrogens is 350 g/mol. The number of rotatable bonds is 6. The Morgan fingerprint density at radius 2 is 2.29 bits per heavy atom. The molecule has 21 heavy (non-hydrogen) atoms. The highest BCUT2D eigenvalue weighted by Gasteiger charge is 2.30. The van der Waals surface area contributed by atoms with E-state index in [0.717, 1.165) is 16.0 Å². The minimum atomic E-state index is 0.0636. The van der Waals surface area contributed by atoms with Crippen LogP contribution in [0.4, 0.5) is 0 Å². The Kier molecular flexibility index (Phi) is 4.61. The molecule has 1 saturated carbocycles. The van der Waals surface area contributed by atoms with Crippen molar-refractivity contribution in [2.75, 3.05) is 0 Å². The van der Waals surface area contributed by atoms with E-state index in [0.29, 0.717) is 6.04 Å². The zero-order valence-corrected chi connectivity index (χ0v) is 14.2. The smallest absolute Gasteiger partial charge is 0.210 e. The molecule has 1 aliphatic rings. The van der Waals surface area contributed by atoms with Gasteiger partial charge in [-0.05, 0) is 47.4 Å². The van der Waals surface area contributed by atoms with Crippen molar-refractivity contribution in [2.45, 2.75) is 48.7 Å². The molecule has 112 valence electrons.